The molecule has 0 radical (unpaired) electrons. The second kappa shape index (κ2) is 9.93. The summed E-state index contributed by atoms with van der Waals surface area (Å²) in [4.78, 5) is 29.7. The molecule has 0 atom stereocenters. The number of benzene rings is 1. The van der Waals surface area contributed by atoms with Crippen molar-refractivity contribution in [3.63, 3.8) is 0 Å². The molecule has 7 heteroatoms. The van der Waals surface area contributed by atoms with E-state index in [0.29, 0.717) is 0 Å². The van der Waals surface area contributed by atoms with Gasteiger partial charge in [-0.3, -0.25) is 14.6 Å². The molecule has 2 aromatic rings. The van der Waals surface area contributed by atoms with Crippen LogP contribution < -0.4 is 15.6 Å². The van der Waals surface area contributed by atoms with Crippen LogP contribution in [-0.2, 0) is 4.79 Å². The lowest BCUT2D eigenvalue weighted by Crippen LogP contribution is -2.35. The summed E-state index contributed by atoms with van der Waals surface area (Å²) in [6, 6.07) is 12.9. The summed E-state index contributed by atoms with van der Waals surface area (Å²) in [6.07, 6.45) is 3.08. The summed E-state index contributed by atoms with van der Waals surface area (Å²) < 4.78 is 0. The number of hydrazone groups is 1. The minimum Gasteiger partial charge on any atom is -0.372 e. The van der Waals surface area contributed by atoms with Crippen LogP contribution in [-0.4, -0.2) is 42.6 Å². The minimum absolute atomic E-state index is 0.173. The predicted molar refractivity (Wildman–Crippen MR) is 102 cm³/mol. The van der Waals surface area contributed by atoms with Crippen LogP contribution in [0.15, 0.2) is 53.8 Å². The van der Waals surface area contributed by atoms with Crippen molar-refractivity contribution in [2.75, 3.05) is 24.5 Å². The summed E-state index contributed by atoms with van der Waals surface area (Å²) >= 11 is 0. The molecule has 2 N–H and O–H groups in total. The van der Waals surface area contributed by atoms with E-state index in [9.17, 15) is 9.59 Å². The van der Waals surface area contributed by atoms with Crippen molar-refractivity contribution in [1.29, 1.82) is 0 Å². The number of carbonyl (C=O) groups excluding carboxylic acids is 2. The average molecular weight is 353 g/mol. The average Bonchev–Trinajstić information content (AvgIpc) is 2.69. The van der Waals surface area contributed by atoms with Crippen LogP contribution in [0.3, 0.4) is 0 Å². The number of hydrogen-bond acceptors (Lipinski definition) is 5. The first-order chi connectivity index (χ1) is 12.6. The topological polar surface area (TPSA) is 86.7 Å². The van der Waals surface area contributed by atoms with Gasteiger partial charge in [-0.1, -0.05) is 18.2 Å². The van der Waals surface area contributed by atoms with Gasteiger partial charge in [-0.15, -0.1) is 0 Å². The SMILES string of the molecule is CCN(CC)c1ccc(/C=N\NC(=O)CNC(=O)c2ccccn2)cc1. The molecule has 0 aliphatic heterocycles. The van der Waals surface area contributed by atoms with Crippen molar-refractivity contribution in [3.8, 4) is 0 Å². The molecular formula is C19H23N5O2. The zero-order valence-electron chi connectivity index (χ0n) is 15.0. The van der Waals surface area contributed by atoms with Gasteiger partial charge in [0.25, 0.3) is 11.8 Å². The molecule has 2 rings (SSSR count). The molecule has 0 saturated carbocycles. The van der Waals surface area contributed by atoms with E-state index in [1.165, 1.54) is 6.20 Å². The number of carbonyl (C=O) groups is 2. The van der Waals surface area contributed by atoms with Gasteiger partial charge in [0.1, 0.15) is 5.69 Å². The zero-order valence-corrected chi connectivity index (χ0v) is 15.0. The van der Waals surface area contributed by atoms with Crippen LogP contribution in [0, 0.1) is 0 Å². The molecule has 7 nitrogen and oxygen atoms in total. The van der Waals surface area contributed by atoms with Crippen LogP contribution in [0.2, 0.25) is 0 Å². The predicted octanol–water partition coefficient (Wildman–Crippen LogP) is 1.81. The van der Waals surface area contributed by atoms with Gasteiger partial charge >= 0.3 is 0 Å². The number of nitrogens with one attached hydrogen (secondary N) is 2. The van der Waals surface area contributed by atoms with Crippen molar-refractivity contribution in [2.45, 2.75) is 13.8 Å². The third-order valence-electron chi connectivity index (χ3n) is 3.73. The number of nitrogens with zero attached hydrogens (tertiary/aromatic N) is 3. The maximum absolute atomic E-state index is 11.8. The van der Waals surface area contributed by atoms with Gasteiger partial charge in [-0.05, 0) is 43.7 Å². The van der Waals surface area contributed by atoms with E-state index in [1.807, 2.05) is 24.3 Å². The van der Waals surface area contributed by atoms with Crippen LogP contribution in [0.4, 0.5) is 5.69 Å². The third-order valence-corrected chi connectivity index (χ3v) is 3.73. The molecule has 1 aromatic heterocycles. The van der Waals surface area contributed by atoms with Gasteiger partial charge in [-0.2, -0.15) is 5.10 Å². The number of rotatable bonds is 8. The molecule has 0 saturated heterocycles. The van der Waals surface area contributed by atoms with Gasteiger partial charge in [0.15, 0.2) is 0 Å². The summed E-state index contributed by atoms with van der Waals surface area (Å²) in [5.74, 6) is -0.818. The Balaban J connectivity index is 1.79. The summed E-state index contributed by atoms with van der Waals surface area (Å²) in [7, 11) is 0. The first-order valence-electron chi connectivity index (χ1n) is 8.50. The van der Waals surface area contributed by atoms with Crippen molar-refractivity contribution in [3.05, 3.63) is 59.9 Å². The van der Waals surface area contributed by atoms with E-state index < -0.39 is 11.8 Å². The van der Waals surface area contributed by atoms with Gasteiger partial charge in [0.2, 0.25) is 0 Å². The Bertz CT molecular complexity index is 740. The molecule has 26 heavy (non-hydrogen) atoms. The Labute approximate surface area is 153 Å². The van der Waals surface area contributed by atoms with E-state index in [4.69, 9.17) is 0 Å². The standard InChI is InChI=1S/C19H23N5O2/c1-3-24(4-2)16-10-8-15(9-11-16)13-22-23-18(25)14-21-19(26)17-7-5-6-12-20-17/h5-13H,3-4,14H2,1-2H3,(H,21,26)(H,23,25)/b22-13-. The molecular weight excluding hydrogens is 330 g/mol. The molecule has 2 amide bonds. The number of pyridine rings is 1. The van der Waals surface area contributed by atoms with Crippen LogP contribution in [0.1, 0.15) is 29.9 Å². The maximum atomic E-state index is 11.8. The Hall–Kier alpha value is -3.22. The van der Waals surface area contributed by atoms with Crippen LogP contribution in [0.5, 0.6) is 0 Å². The first kappa shape index (κ1) is 19.1. The lowest BCUT2D eigenvalue weighted by Gasteiger charge is -2.20. The monoisotopic (exact) mass is 353 g/mol. The normalized spacial score (nSPS) is 10.5. The fourth-order valence-electron chi connectivity index (χ4n) is 2.33. The number of amides is 2. The van der Waals surface area contributed by atoms with E-state index in [-0.39, 0.29) is 12.2 Å². The molecule has 0 aliphatic rings. The van der Waals surface area contributed by atoms with Crippen molar-refractivity contribution < 1.29 is 9.59 Å². The molecule has 136 valence electrons. The Morgan fingerprint density at radius 3 is 2.46 bits per heavy atom. The Morgan fingerprint density at radius 1 is 1.12 bits per heavy atom. The quantitative estimate of drug-likeness (QED) is 0.560. The summed E-state index contributed by atoms with van der Waals surface area (Å²) in [6.45, 7) is 5.95. The molecule has 0 aliphatic carbocycles. The van der Waals surface area contributed by atoms with Gasteiger partial charge in [0.05, 0.1) is 12.8 Å². The Kier molecular flexibility index (Phi) is 7.30. The fourth-order valence-corrected chi connectivity index (χ4v) is 2.33. The van der Waals surface area contributed by atoms with Gasteiger partial charge < -0.3 is 10.2 Å². The number of hydrogen-bond donors (Lipinski definition) is 2. The molecule has 0 unspecified atom stereocenters. The Morgan fingerprint density at radius 2 is 1.85 bits per heavy atom. The lowest BCUT2D eigenvalue weighted by molar-refractivity contribution is -0.120. The second-order valence-corrected chi connectivity index (χ2v) is 5.45. The third kappa shape index (κ3) is 5.70. The highest BCUT2D eigenvalue weighted by Gasteiger charge is 2.07. The van der Waals surface area contributed by atoms with E-state index in [0.717, 1.165) is 24.3 Å². The minimum atomic E-state index is -0.412. The molecule has 0 fully saturated rings. The molecule has 0 spiro atoms. The first-order valence-corrected chi connectivity index (χ1v) is 8.50. The number of aromatic nitrogens is 1. The summed E-state index contributed by atoms with van der Waals surface area (Å²) in [5.41, 5.74) is 4.66. The highest BCUT2D eigenvalue weighted by Crippen LogP contribution is 2.13. The van der Waals surface area contributed by atoms with Crippen LogP contribution in [0.25, 0.3) is 0 Å². The highest BCUT2D eigenvalue weighted by molar-refractivity contribution is 5.94. The van der Waals surface area contributed by atoms with Crippen molar-refractivity contribution in [2.24, 2.45) is 5.10 Å². The smallest absolute Gasteiger partial charge is 0.270 e. The second-order valence-electron chi connectivity index (χ2n) is 5.45. The van der Waals surface area contributed by atoms with E-state index >= 15 is 0 Å². The lowest BCUT2D eigenvalue weighted by atomic mass is 10.2. The van der Waals surface area contributed by atoms with Crippen molar-refractivity contribution in [1.82, 2.24) is 15.7 Å². The van der Waals surface area contributed by atoms with E-state index in [1.54, 1.807) is 24.4 Å². The van der Waals surface area contributed by atoms with Gasteiger partial charge in [-0.25, -0.2) is 5.43 Å². The number of anilines is 1. The fraction of sp³-hybridized carbons (Fsp3) is 0.263. The van der Waals surface area contributed by atoms with Crippen molar-refractivity contribution >= 4 is 23.7 Å². The maximum Gasteiger partial charge on any atom is 0.270 e. The summed E-state index contributed by atoms with van der Waals surface area (Å²) in [5, 5.41) is 6.39. The molecule has 1 heterocycles. The molecule has 1 aromatic carbocycles. The van der Waals surface area contributed by atoms with E-state index in [2.05, 4.69) is 39.6 Å². The van der Waals surface area contributed by atoms with Crippen LogP contribution >= 0.6 is 0 Å². The molecule has 0 bridgehead atoms. The largest absolute Gasteiger partial charge is 0.372 e. The highest BCUT2D eigenvalue weighted by atomic mass is 16.2. The van der Waals surface area contributed by atoms with Gasteiger partial charge in [0, 0.05) is 25.0 Å². The zero-order chi connectivity index (χ0) is 18.8.